The van der Waals surface area contributed by atoms with E-state index in [0.29, 0.717) is 22.4 Å². The Bertz CT molecular complexity index is 987. The van der Waals surface area contributed by atoms with Crippen molar-refractivity contribution in [3.8, 4) is 6.07 Å². The van der Waals surface area contributed by atoms with Crippen LogP contribution in [0.25, 0.3) is 0 Å². The monoisotopic (exact) mass is 404 g/mol. The van der Waals surface area contributed by atoms with Gasteiger partial charge >= 0.3 is 0 Å². The molecule has 4 unspecified atom stereocenters. The van der Waals surface area contributed by atoms with Crippen LogP contribution in [0.4, 0.5) is 0 Å². The highest BCUT2D eigenvalue weighted by Gasteiger charge is 2.41. The minimum absolute atomic E-state index is 0.00609. The molecule has 2 aliphatic rings. The molecule has 0 bridgehead atoms. The van der Waals surface area contributed by atoms with E-state index >= 15 is 0 Å². The van der Waals surface area contributed by atoms with Crippen LogP contribution >= 0.6 is 0 Å². The molecule has 4 N–H and O–H groups in total. The molecule has 2 amide bonds. The standard InChI is InChI=1S/C22H24N6O2/c1-13-9-14(11-23)12-24-19(13)22(30)25-16-7-8-18-17(10-16)20(28-27-18)26-21(29)15-5-3-2-4-6-15/h2-6,9,12,16-18,20,27-28H,7-8,10H2,1H3,(H,25,30)(H,26,29). The second-order valence-corrected chi connectivity index (χ2v) is 7.86. The fourth-order valence-corrected chi connectivity index (χ4v) is 4.27. The lowest BCUT2D eigenvalue weighted by atomic mass is 9.81. The number of amides is 2. The van der Waals surface area contributed by atoms with Crippen molar-refractivity contribution in [3.05, 3.63) is 65.0 Å². The Hall–Kier alpha value is -3.28. The third-order valence-corrected chi connectivity index (χ3v) is 5.83. The highest BCUT2D eigenvalue weighted by molar-refractivity contribution is 5.94. The van der Waals surface area contributed by atoms with Crippen molar-refractivity contribution in [2.45, 2.75) is 44.4 Å². The summed E-state index contributed by atoms with van der Waals surface area (Å²) in [6.07, 6.45) is 3.68. The summed E-state index contributed by atoms with van der Waals surface area (Å²) in [5, 5.41) is 15.1. The Morgan fingerprint density at radius 3 is 2.67 bits per heavy atom. The number of benzene rings is 1. The van der Waals surface area contributed by atoms with E-state index in [1.807, 2.05) is 24.3 Å². The first-order valence-electron chi connectivity index (χ1n) is 10.1. The molecule has 0 spiro atoms. The van der Waals surface area contributed by atoms with Gasteiger partial charge in [-0.05, 0) is 49.9 Å². The molecule has 8 nitrogen and oxygen atoms in total. The van der Waals surface area contributed by atoms with Gasteiger partial charge in [0, 0.05) is 29.8 Å². The van der Waals surface area contributed by atoms with Gasteiger partial charge in [-0.3, -0.25) is 15.0 Å². The fourth-order valence-electron chi connectivity index (χ4n) is 4.27. The number of pyridine rings is 1. The van der Waals surface area contributed by atoms with Crippen LogP contribution in [0.2, 0.25) is 0 Å². The van der Waals surface area contributed by atoms with Gasteiger partial charge in [0.2, 0.25) is 0 Å². The number of nitrogens with one attached hydrogen (secondary N) is 4. The molecule has 2 fully saturated rings. The van der Waals surface area contributed by atoms with Gasteiger partial charge in [0.15, 0.2) is 0 Å². The van der Waals surface area contributed by atoms with E-state index in [9.17, 15) is 9.59 Å². The zero-order valence-electron chi connectivity index (χ0n) is 16.7. The number of hydrazine groups is 1. The summed E-state index contributed by atoms with van der Waals surface area (Å²) >= 11 is 0. The van der Waals surface area contributed by atoms with Crippen molar-refractivity contribution < 1.29 is 9.59 Å². The molecule has 1 aromatic heterocycles. The van der Waals surface area contributed by atoms with E-state index in [4.69, 9.17) is 5.26 Å². The van der Waals surface area contributed by atoms with Crippen LogP contribution in [0.1, 0.15) is 51.2 Å². The Morgan fingerprint density at radius 1 is 1.13 bits per heavy atom. The first-order chi connectivity index (χ1) is 14.5. The first kappa shape index (κ1) is 20.0. The van der Waals surface area contributed by atoms with Crippen molar-refractivity contribution >= 4 is 11.8 Å². The number of nitriles is 1. The molecule has 0 radical (unpaired) electrons. The average Bonchev–Trinajstić information content (AvgIpc) is 3.16. The molecular weight excluding hydrogens is 380 g/mol. The molecule has 4 atom stereocenters. The van der Waals surface area contributed by atoms with Gasteiger partial charge in [0.05, 0.1) is 11.7 Å². The molecule has 2 aromatic rings. The smallest absolute Gasteiger partial charge is 0.270 e. The van der Waals surface area contributed by atoms with Crippen LogP contribution in [0.3, 0.4) is 0 Å². The highest BCUT2D eigenvalue weighted by Crippen LogP contribution is 2.30. The predicted octanol–water partition coefficient (Wildman–Crippen LogP) is 1.39. The van der Waals surface area contributed by atoms with Crippen molar-refractivity contribution in [1.82, 2.24) is 26.5 Å². The first-order valence-corrected chi connectivity index (χ1v) is 10.1. The largest absolute Gasteiger partial charge is 0.348 e. The lowest BCUT2D eigenvalue weighted by Crippen LogP contribution is -2.49. The lowest BCUT2D eigenvalue weighted by Gasteiger charge is -2.33. The molecule has 30 heavy (non-hydrogen) atoms. The van der Waals surface area contributed by atoms with Crippen LogP contribution in [-0.4, -0.2) is 35.0 Å². The van der Waals surface area contributed by atoms with E-state index in [-0.39, 0.29) is 36.0 Å². The number of hydrogen-bond donors (Lipinski definition) is 4. The van der Waals surface area contributed by atoms with Crippen LogP contribution in [0, 0.1) is 24.2 Å². The van der Waals surface area contributed by atoms with E-state index in [2.05, 4.69) is 26.5 Å². The van der Waals surface area contributed by atoms with E-state index in [1.165, 1.54) is 6.20 Å². The number of aromatic nitrogens is 1. The van der Waals surface area contributed by atoms with Crippen LogP contribution in [0.15, 0.2) is 42.6 Å². The lowest BCUT2D eigenvalue weighted by molar-refractivity contribution is 0.0878. The Kier molecular flexibility index (Phi) is 5.74. The minimum Gasteiger partial charge on any atom is -0.348 e. The van der Waals surface area contributed by atoms with Crippen molar-refractivity contribution in [1.29, 1.82) is 5.26 Å². The van der Waals surface area contributed by atoms with Gasteiger partial charge in [-0.25, -0.2) is 10.4 Å². The molecular formula is C22H24N6O2. The summed E-state index contributed by atoms with van der Waals surface area (Å²) in [7, 11) is 0. The van der Waals surface area contributed by atoms with Gasteiger partial charge in [-0.1, -0.05) is 18.2 Å². The number of carbonyl (C=O) groups excluding carboxylic acids is 2. The van der Waals surface area contributed by atoms with Gasteiger partial charge in [0.25, 0.3) is 11.8 Å². The number of nitrogens with zero attached hydrogens (tertiary/aromatic N) is 2. The van der Waals surface area contributed by atoms with E-state index in [1.54, 1.807) is 25.1 Å². The number of fused-ring (bicyclic) bond motifs is 1. The average molecular weight is 404 g/mol. The molecule has 2 heterocycles. The van der Waals surface area contributed by atoms with Gasteiger partial charge in [-0.2, -0.15) is 5.26 Å². The number of carbonyl (C=O) groups is 2. The van der Waals surface area contributed by atoms with E-state index < -0.39 is 0 Å². The van der Waals surface area contributed by atoms with E-state index in [0.717, 1.165) is 19.3 Å². The Balaban J connectivity index is 1.39. The van der Waals surface area contributed by atoms with Crippen molar-refractivity contribution in [3.63, 3.8) is 0 Å². The summed E-state index contributed by atoms with van der Waals surface area (Å²) in [5.41, 5.74) is 8.53. The predicted molar refractivity (Wildman–Crippen MR) is 110 cm³/mol. The van der Waals surface area contributed by atoms with Crippen LogP contribution in [-0.2, 0) is 0 Å². The third-order valence-electron chi connectivity index (χ3n) is 5.83. The quantitative estimate of drug-likeness (QED) is 0.612. The zero-order chi connectivity index (χ0) is 21.1. The number of rotatable bonds is 4. The Labute approximate surface area is 175 Å². The molecule has 154 valence electrons. The van der Waals surface area contributed by atoms with Gasteiger partial charge in [0.1, 0.15) is 11.8 Å². The summed E-state index contributed by atoms with van der Waals surface area (Å²) < 4.78 is 0. The van der Waals surface area contributed by atoms with Gasteiger partial charge < -0.3 is 10.6 Å². The second kappa shape index (κ2) is 8.61. The van der Waals surface area contributed by atoms with Gasteiger partial charge in [-0.15, -0.1) is 0 Å². The fraction of sp³-hybridized carbons (Fsp3) is 0.364. The molecule has 1 saturated heterocycles. The SMILES string of the molecule is Cc1cc(C#N)cnc1C(=O)NC1CCC2NNC(NC(=O)c3ccccc3)C2C1. The maximum absolute atomic E-state index is 12.7. The van der Waals surface area contributed by atoms with Crippen molar-refractivity contribution in [2.75, 3.05) is 0 Å². The highest BCUT2D eigenvalue weighted by atomic mass is 16.2. The molecule has 1 saturated carbocycles. The third kappa shape index (κ3) is 4.17. The van der Waals surface area contributed by atoms with Crippen LogP contribution in [0.5, 0.6) is 0 Å². The maximum atomic E-state index is 12.7. The molecule has 1 aliphatic carbocycles. The number of aryl methyl sites for hydroxylation is 1. The summed E-state index contributed by atoms with van der Waals surface area (Å²) in [6.45, 7) is 1.78. The molecule has 8 heteroatoms. The molecule has 4 rings (SSSR count). The number of hydrogen-bond acceptors (Lipinski definition) is 6. The maximum Gasteiger partial charge on any atom is 0.270 e. The summed E-state index contributed by atoms with van der Waals surface area (Å²) in [5.74, 6) is -0.199. The summed E-state index contributed by atoms with van der Waals surface area (Å²) in [4.78, 5) is 29.4. The van der Waals surface area contributed by atoms with Crippen molar-refractivity contribution in [2.24, 2.45) is 5.92 Å². The topological polar surface area (TPSA) is 119 Å². The Morgan fingerprint density at radius 2 is 1.93 bits per heavy atom. The van der Waals surface area contributed by atoms with Crippen LogP contribution < -0.4 is 21.5 Å². The zero-order valence-corrected chi connectivity index (χ0v) is 16.7. The molecule has 1 aromatic carbocycles. The molecule has 1 aliphatic heterocycles. The second-order valence-electron chi connectivity index (χ2n) is 7.86. The minimum atomic E-state index is -0.232. The summed E-state index contributed by atoms with van der Waals surface area (Å²) in [6, 6.07) is 13.1. The normalized spacial score (nSPS) is 25.1.